The lowest BCUT2D eigenvalue weighted by atomic mass is 10.1. The number of carbonyl (C=O) groups is 4. The number of thioether (sulfide) groups is 1. The molecule has 2 aromatic rings. The van der Waals surface area contributed by atoms with Gasteiger partial charge in [0.2, 0.25) is 0 Å². The van der Waals surface area contributed by atoms with Crippen molar-refractivity contribution in [2.24, 2.45) is 0 Å². The molecule has 0 unspecified atom stereocenters. The first kappa shape index (κ1) is 24.1. The lowest BCUT2D eigenvalue weighted by Gasteiger charge is -2.13. The van der Waals surface area contributed by atoms with Gasteiger partial charge < -0.3 is 14.8 Å². The molecular formula is C24H24N2O6S. The fraction of sp³-hybridized carbons (Fsp3) is 0.250. The summed E-state index contributed by atoms with van der Waals surface area (Å²) in [5.74, 6) is 0.416. The maximum atomic E-state index is 12.6. The Kier molecular flexibility index (Phi) is 8.26. The number of methoxy groups -OCH3 is 1. The SMILES string of the molecule is CCC(=O)c1ccc(OCC(=O)NCCN2C(=O)S/C(=C/c3ccc(OC)cc3)C2=O)cc1. The molecule has 8 nitrogen and oxygen atoms in total. The predicted octanol–water partition coefficient (Wildman–Crippen LogP) is 3.52. The highest BCUT2D eigenvalue weighted by Crippen LogP contribution is 2.32. The zero-order chi connectivity index (χ0) is 23.8. The first-order chi connectivity index (χ1) is 15.9. The highest BCUT2D eigenvalue weighted by molar-refractivity contribution is 8.18. The zero-order valence-corrected chi connectivity index (χ0v) is 19.1. The number of rotatable bonds is 10. The fourth-order valence-corrected chi connectivity index (χ4v) is 3.86. The second-order valence-corrected chi connectivity index (χ2v) is 8.04. The molecule has 1 heterocycles. The molecule has 0 spiro atoms. The molecule has 1 aliphatic heterocycles. The molecule has 0 aromatic heterocycles. The molecule has 33 heavy (non-hydrogen) atoms. The smallest absolute Gasteiger partial charge is 0.293 e. The number of nitrogens with one attached hydrogen (secondary N) is 1. The number of imide groups is 1. The third kappa shape index (κ3) is 6.45. The van der Waals surface area contributed by atoms with Crippen LogP contribution in [-0.2, 0) is 9.59 Å². The Morgan fingerprint density at radius 3 is 2.33 bits per heavy atom. The highest BCUT2D eigenvalue weighted by Gasteiger charge is 2.34. The van der Waals surface area contributed by atoms with Crippen LogP contribution in [0.4, 0.5) is 4.79 Å². The molecule has 9 heteroatoms. The number of hydrogen-bond acceptors (Lipinski definition) is 7. The van der Waals surface area contributed by atoms with E-state index in [1.807, 2.05) is 0 Å². The summed E-state index contributed by atoms with van der Waals surface area (Å²) >= 11 is 0.864. The first-order valence-corrected chi connectivity index (χ1v) is 11.1. The van der Waals surface area contributed by atoms with E-state index >= 15 is 0 Å². The number of benzene rings is 2. The summed E-state index contributed by atoms with van der Waals surface area (Å²) in [6.45, 7) is 1.74. The largest absolute Gasteiger partial charge is 0.497 e. The van der Waals surface area contributed by atoms with Crippen LogP contribution in [-0.4, -0.2) is 54.5 Å². The summed E-state index contributed by atoms with van der Waals surface area (Å²) in [6, 6.07) is 13.7. The lowest BCUT2D eigenvalue weighted by molar-refractivity contribution is -0.125. The Bertz CT molecular complexity index is 1060. The third-order valence-corrected chi connectivity index (χ3v) is 5.72. The number of ether oxygens (including phenoxy) is 2. The van der Waals surface area contributed by atoms with Gasteiger partial charge in [0.15, 0.2) is 12.4 Å². The maximum absolute atomic E-state index is 12.6. The summed E-state index contributed by atoms with van der Waals surface area (Å²) in [5.41, 5.74) is 1.37. The van der Waals surface area contributed by atoms with Crippen molar-refractivity contribution in [1.29, 1.82) is 0 Å². The number of nitrogens with zero attached hydrogens (tertiary/aromatic N) is 1. The van der Waals surface area contributed by atoms with Gasteiger partial charge in [-0.2, -0.15) is 0 Å². The average Bonchev–Trinajstić information content (AvgIpc) is 3.10. The molecule has 0 atom stereocenters. The van der Waals surface area contributed by atoms with E-state index in [0.29, 0.717) is 28.4 Å². The summed E-state index contributed by atoms with van der Waals surface area (Å²) < 4.78 is 10.5. The van der Waals surface area contributed by atoms with Gasteiger partial charge in [-0.25, -0.2) is 0 Å². The van der Waals surface area contributed by atoms with Gasteiger partial charge in [-0.3, -0.25) is 24.1 Å². The van der Waals surface area contributed by atoms with E-state index in [-0.39, 0.29) is 36.6 Å². The Morgan fingerprint density at radius 2 is 1.70 bits per heavy atom. The maximum Gasteiger partial charge on any atom is 0.293 e. The van der Waals surface area contributed by atoms with Crippen LogP contribution in [0.1, 0.15) is 29.3 Å². The monoisotopic (exact) mass is 468 g/mol. The Balaban J connectivity index is 1.45. The fourth-order valence-electron chi connectivity index (χ4n) is 2.99. The van der Waals surface area contributed by atoms with Crippen molar-refractivity contribution in [1.82, 2.24) is 10.2 Å². The molecule has 1 fully saturated rings. The van der Waals surface area contributed by atoms with E-state index in [1.165, 1.54) is 0 Å². The van der Waals surface area contributed by atoms with Crippen molar-refractivity contribution >= 4 is 40.7 Å². The Morgan fingerprint density at radius 1 is 1.03 bits per heavy atom. The number of ketones is 1. The minimum Gasteiger partial charge on any atom is -0.497 e. The Labute approximate surface area is 195 Å². The van der Waals surface area contributed by atoms with Crippen LogP contribution in [0.15, 0.2) is 53.4 Å². The van der Waals surface area contributed by atoms with Gasteiger partial charge in [0.25, 0.3) is 17.1 Å². The molecule has 0 aliphatic carbocycles. The molecule has 3 amide bonds. The van der Waals surface area contributed by atoms with E-state index in [1.54, 1.807) is 68.6 Å². The van der Waals surface area contributed by atoms with Crippen molar-refractivity contribution in [3.8, 4) is 11.5 Å². The second-order valence-electron chi connectivity index (χ2n) is 7.05. The second kappa shape index (κ2) is 11.3. The van der Waals surface area contributed by atoms with E-state index in [4.69, 9.17) is 9.47 Å². The van der Waals surface area contributed by atoms with Crippen molar-refractivity contribution in [3.05, 3.63) is 64.6 Å². The Hall–Kier alpha value is -3.59. The minimum absolute atomic E-state index is 0.0328. The van der Waals surface area contributed by atoms with E-state index in [0.717, 1.165) is 22.2 Å². The summed E-state index contributed by atoms with van der Waals surface area (Å²) in [4.78, 5) is 49.9. The van der Waals surface area contributed by atoms with Crippen LogP contribution < -0.4 is 14.8 Å². The van der Waals surface area contributed by atoms with Crippen molar-refractivity contribution < 1.29 is 28.7 Å². The van der Waals surface area contributed by atoms with Crippen LogP contribution in [0.3, 0.4) is 0 Å². The first-order valence-electron chi connectivity index (χ1n) is 10.3. The topological polar surface area (TPSA) is 102 Å². The molecule has 0 saturated carbocycles. The standard InChI is InChI=1S/C24H24N2O6S/c1-3-20(27)17-6-10-19(11-7-17)32-15-22(28)25-12-13-26-23(29)21(33-24(26)30)14-16-4-8-18(31-2)9-5-16/h4-11,14H,3,12-13,15H2,1-2H3,(H,25,28)/b21-14+. The molecular weight excluding hydrogens is 444 g/mol. The van der Waals surface area contributed by atoms with Gasteiger partial charge in [0.1, 0.15) is 11.5 Å². The number of amides is 3. The molecule has 1 aliphatic rings. The highest BCUT2D eigenvalue weighted by atomic mass is 32.2. The predicted molar refractivity (Wildman–Crippen MR) is 125 cm³/mol. The van der Waals surface area contributed by atoms with E-state index < -0.39 is 5.91 Å². The quantitative estimate of drug-likeness (QED) is 0.420. The molecule has 0 radical (unpaired) electrons. The van der Waals surface area contributed by atoms with E-state index in [2.05, 4.69) is 5.32 Å². The normalized spacial score (nSPS) is 14.5. The molecule has 1 N–H and O–H groups in total. The van der Waals surface area contributed by atoms with Crippen LogP contribution in [0, 0.1) is 0 Å². The molecule has 2 aromatic carbocycles. The number of carbonyl (C=O) groups excluding carboxylic acids is 4. The molecule has 172 valence electrons. The van der Waals surface area contributed by atoms with Gasteiger partial charge in [-0.1, -0.05) is 19.1 Å². The molecule has 1 saturated heterocycles. The average molecular weight is 469 g/mol. The van der Waals surface area contributed by atoms with Crippen LogP contribution in [0.2, 0.25) is 0 Å². The van der Waals surface area contributed by atoms with Crippen LogP contribution in [0.25, 0.3) is 6.08 Å². The summed E-state index contributed by atoms with van der Waals surface area (Å²) in [7, 11) is 1.57. The van der Waals surface area contributed by atoms with Gasteiger partial charge in [-0.05, 0) is 59.8 Å². The van der Waals surface area contributed by atoms with Gasteiger partial charge in [0.05, 0.1) is 12.0 Å². The van der Waals surface area contributed by atoms with Crippen molar-refractivity contribution in [3.63, 3.8) is 0 Å². The number of hydrogen-bond donors (Lipinski definition) is 1. The van der Waals surface area contributed by atoms with Crippen molar-refractivity contribution in [2.45, 2.75) is 13.3 Å². The third-order valence-electron chi connectivity index (χ3n) is 4.81. The van der Waals surface area contributed by atoms with Crippen LogP contribution in [0.5, 0.6) is 11.5 Å². The molecule has 3 rings (SSSR count). The summed E-state index contributed by atoms with van der Waals surface area (Å²) in [5, 5.41) is 2.25. The van der Waals surface area contributed by atoms with Gasteiger partial charge in [-0.15, -0.1) is 0 Å². The van der Waals surface area contributed by atoms with Crippen LogP contribution >= 0.6 is 11.8 Å². The van der Waals surface area contributed by atoms with Gasteiger partial charge in [0, 0.05) is 25.1 Å². The number of Topliss-reactive ketones (excluding diaryl/α,β-unsaturated/α-hetero) is 1. The van der Waals surface area contributed by atoms with Gasteiger partial charge >= 0.3 is 0 Å². The lowest BCUT2D eigenvalue weighted by Crippen LogP contribution is -2.38. The zero-order valence-electron chi connectivity index (χ0n) is 18.3. The van der Waals surface area contributed by atoms with Crippen molar-refractivity contribution in [2.75, 3.05) is 26.8 Å². The minimum atomic E-state index is -0.395. The molecule has 0 bridgehead atoms. The summed E-state index contributed by atoms with van der Waals surface area (Å²) in [6.07, 6.45) is 2.07. The van der Waals surface area contributed by atoms with E-state index in [9.17, 15) is 19.2 Å².